The average Bonchev–Trinajstić information content (AvgIpc) is 2.81. The molecule has 21 heavy (non-hydrogen) atoms. The SMILES string of the molecule is COCCn1ncc(Cl)c1C(O)Cc1c(F)cccc1F. The number of rotatable bonds is 6. The molecule has 1 N–H and O–H groups in total. The van der Waals surface area contributed by atoms with Crippen LogP contribution >= 0.6 is 11.6 Å². The summed E-state index contributed by atoms with van der Waals surface area (Å²) in [5, 5.41) is 14.5. The molecule has 0 saturated heterocycles. The van der Waals surface area contributed by atoms with Crippen molar-refractivity contribution in [2.75, 3.05) is 13.7 Å². The Labute approximate surface area is 125 Å². The van der Waals surface area contributed by atoms with Crippen LogP contribution in [0.25, 0.3) is 0 Å². The van der Waals surface area contributed by atoms with Crippen LogP contribution in [-0.2, 0) is 17.7 Å². The smallest absolute Gasteiger partial charge is 0.129 e. The molecule has 2 rings (SSSR count). The van der Waals surface area contributed by atoms with Gasteiger partial charge in [-0.05, 0) is 12.1 Å². The minimum absolute atomic E-state index is 0.180. The summed E-state index contributed by atoms with van der Waals surface area (Å²) < 4.78 is 33.7. The standard InChI is InChI=1S/C14H15ClF2N2O2/c1-21-6-5-19-14(10(15)8-18-19)13(20)7-9-11(16)3-2-4-12(9)17/h2-4,8,13,20H,5-7H2,1H3. The molecule has 114 valence electrons. The van der Waals surface area contributed by atoms with Gasteiger partial charge in [0.15, 0.2) is 0 Å². The third-order valence-electron chi connectivity index (χ3n) is 3.12. The van der Waals surface area contributed by atoms with E-state index in [9.17, 15) is 13.9 Å². The molecule has 0 radical (unpaired) electrons. The summed E-state index contributed by atoms with van der Waals surface area (Å²) in [6.45, 7) is 0.765. The summed E-state index contributed by atoms with van der Waals surface area (Å²) in [6.07, 6.45) is -0.00653. The number of nitrogens with zero attached hydrogens (tertiary/aromatic N) is 2. The normalized spacial score (nSPS) is 12.6. The van der Waals surface area contributed by atoms with E-state index in [1.807, 2.05) is 0 Å². The molecule has 4 nitrogen and oxygen atoms in total. The van der Waals surface area contributed by atoms with Crippen LogP contribution < -0.4 is 0 Å². The zero-order chi connectivity index (χ0) is 15.4. The Hall–Kier alpha value is -1.50. The highest BCUT2D eigenvalue weighted by Crippen LogP contribution is 2.27. The second-order valence-corrected chi connectivity index (χ2v) is 4.92. The molecule has 7 heteroatoms. The summed E-state index contributed by atoms with van der Waals surface area (Å²) >= 11 is 5.99. The lowest BCUT2D eigenvalue weighted by Gasteiger charge is -2.15. The fourth-order valence-corrected chi connectivity index (χ4v) is 2.34. The maximum atomic E-state index is 13.6. The van der Waals surface area contributed by atoms with E-state index in [0.717, 1.165) is 12.1 Å². The minimum Gasteiger partial charge on any atom is -0.386 e. The molecule has 0 bridgehead atoms. The first-order valence-electron chi connectivity index (χ1n) is 6.35. The van der Waals surface area contributed by atoms with Crippen molar-refractivity contribution in [3.8, 4) is 0 Å². The molecule has 0 aliphatic rings. The van der Waals surface area contributed by atoms with Gasteiger partial charge in [-0.1, -0.05) is 17.7 Å². The first-order chi connectivity index (χ1) is 10.0. The van der Waals surface area contributed by atoms with Gasteiger partial charge in [0.2, 0.25) is 0 Å². The summed E-state index contributed by atoms with van der Waals surface area (Å²) in [5.74, 6) is -1.40. The van der Waals surface area contributed by atoms with Crippen molar-refractivity contribution >= 4 is 11.6 Å². The van der Waals surface area contributed by atoms with Gasteiger partial charge in [-0.3, -0.25) is 4.68 Å². The van der Waals surface area contributed by atoms with Crippen molar-refractivity contribution in [2.24, 2.45) is 0 Å². The molecule has 1 aromatic carbocycles. The van der Waals surface area contributed by atoms with Gasteiger partial charge in [0.25, 0.3) is 0 Å². The van der Waals surface area contributed by atoms with Gasteiger partial charge in [-0.2, -0.15) is 5.10 Å². The highest BCUT2D eigenvalue weighted by Gasteiger charge is 2.21. The highest BCUT2D eigenvalue weighted by atomic mass is 35.5. The first kappa shape index (κ1) is 15.9. The second-order valence-electron chi connectivity index (χ2n) is 4.51. The molecule has 1 heterocycles. The average molecular weight is 317 g/mol. The molecule has 0 saturated carbocycles. The highest BCUT2D eigenvalue weighted by molar-refractivity contribution is 6.31. The first-order valence-corrected chi connectivity index (χ1v) is 6.73. The zero-order valence-corrected chi connectivity index (χ0v) is 12.1. The number of aliphatic hydroxyl groups excluding tert-OH is 1. The van der Waals surface area contributed by atoms with Crippen molar-refractivity contribution in [1.82, 2.24) is 9.78 Å². The number of halogens is 3. The monoisotopic (exact) mass is 316 g/mol. The maximum absolute atomic E-state index is 13.6. The molecule has 0 amide bonds. The van der Waals surface area contributed by atoms with Crippen LogP contribution in [0.15, 0.2) is 24.4 Å². The Morgan fingerprint density at radius 2 is 2.05 bits per heavy atom. The van der Waals surface area contributed by atoms with Crippen LogP contribution in [0.4, 0.5) is 8.78 Å². The van der Waals surface area contributed by atoms with Crippen LogP contribution in [0.3, 0.4) is 0 Å². The van der Waals surface area contributed by atoms with Gasteiger partial charge in [0.1, 0.15) is 17.7 Å². The predicted molar refractivity (Wildman–Crippen MR) is 74.1 cm³/mol. The number of hydrogen-bond donors (Lipinski definition) is 1. The van der Waals surface area contributed by atoms with Crippen molar-refractivity contribution in [3.05, 3.63) is 52.3 Å². The van der Waals surface area contributed by atoms with Gasteiger partial charge >= 0.3 is 0 Å². The fourth-order valence-electron chi connectivity index (χ4n) is 2.08. The Morgan fingerprint density at radius 1 is 1.38 bits per heavy atom. The Kier molecular flexibility index (Phi) is 5.27. The van der Waals surface area contributed by atoms with E-state index >= 15 is 0 Å². The van der Waals surface area contributed by atoms with E-state index in [0.29, 0.717) is 18.8 Å². The molecule has 0 spiro atoms. The Morgan fingerprint density at radius 3 is 2.67 bits per heavy atom. The maximum Gasteiger partial charge on any atom is 0.129 e. The lowest BCUT2D eigenvalue weighted by atomic mass is 10.0. The molecule has 1 aromatic heterocycles. The van der Waals surface area contributed by atoms with Gasteiger partial charge in [-0.15, -0.1) is 0 Å². The summed E-state index contributed by atoms with van der Waals surface area (Å²) in [7, 11) is 1.54. The second kappa shape index (κ2) is 6.98. The van der Waals surface area contributed by atoms with Crippen LogP contribution in [0, 0.1) is 11.6 Å². The van der Waals surface area contributed by atoms with Gasteiger partial charge in [0, 0.05) is 19.1 Å². The largest absolute Gasteiger partial charge is 0.386 e. The number of methoxy groups -OCH3 is 1. The van der Waals surface area contributed by atoms with E-state index in [-0.39, 0.29) is 17.0 Å². The number of ether oxygens (including phenoxy) is 1. The molecule has 1 unspecified atom stereocenters. The molecular weight excluding hydrogens is 302 g/mol. The van der Waals surface area contributed by atoms with Crippen molar-refractivity contribution < 1.29 is 18.6 Å². The van der Waals surface area contributed by atoms with Crippen molar-refractivity contribution in [2.45, 2.75) is 19.1 Å². The topological polar surface area (TPSA) is 47.3 Å². The Bertz CT molecular complexity index is 599. The van der Waals surface area contributed by atoms with Crippen LogP contribution in [0.2, 0.25) is 5.02 Å². The van der Waals surface area contributed by atoms with Crippen LogP contribution in [0.5, 0.6) is 0 Å². The van der Waals surface area contributed by atoms with E-state index in [1.54, 1.807) is 0 Å². The van der Waals surface area contributed by atoms with E-state index in [4.69, 9.17) is 16.3 Å². The summed E-state index contributed by atoms with van der Waals surface area (Å²) in [4.78, 5) is 0. The number of aromatic nitrogens is 2. The number of hydrogen-bond acceptors (Lipinski definition) is 3. The third-order valence-corrected chi connectivity index (χ3v) is 3.41. The molecular formula is C14H15ClF2N2O2. The van der Waals surface area contributed by atoms with E-state index in [1.165, 1.54) is 24.1 Å². The quantitative estimate of drug-likeness (QED) is 0.891. The predicted octanol–water partition coefficient (Wildman–Crippen LogP) is 2.74. The number of benzene rings is 1. The zero-order valence-electron chi connectivity index (χ0n) is 11.4. The van der Waals surface area contributed by atoms with E-state index < -0.39 is 17.7 Å². The van der Waals surface area contributed by atoms with Crippen molar-refractivity contribution in [3.63, 3.8) is 0 Å². The van der Waals surface area contributed by atoms with Crippen LogP contribution in [-0.4, -0.2) is 28.6 Å². The molecule has 1 atom stereocenters. The molecule has 0 aliphatic carbocycles. The van der Waals surface area contributed by atoms with Crippen LogP contribution in [0.1, 0.15) is 17.4 Å². The third kappa shape index (κ3) is 3.58. The molecule has 0 fully saturated rings. The van der Waals surface area contributed by atoms with Gasteiger partial charge in [-0.25, -0.2) is 8.78 Å². The van der Waals surface area contributed by atoms with Crippen molar-refractivity contribution in [1.29, 1.82) is 0 Å². The Balaban J connectivity index is 2.24. The summed E-state index contributed by atoms with van der Waals surface area (Å²) in [5.41, 5.74) is 0.136. The minimum atomic E-state index is -1.16. The van der Waals surface area contributed by atoms with E-state index in [2.05, 4.69) is 5.10 Å². The lowest BCUT2D eigenvalue weighted by molar-refractivity contribution is 0.151. The number of aliphatic hydroxyl groups is 1. The lowest BCUT2D eigenvalue weighted by Crippen LogP contribution is -2.15. The molecule has 0 aliphatic heterocycles. The summed E-state index contributed by atoms with van der Waals surface area (Å²) in [6, 6.07) is 3.57. The fraction of sp³-hybridized carbons (Fsp3) is 0.357. The molecule has 2 aromatic rings. The van der Waals surface area contributed by atoms with Gasteiger partial charge in [0.05, 0.1) is 30.1 Å². The van der Waals surface area contributed by atoms with Gasteiger partial charge < -0.3 is 9.84 Å².